The fourth-order valence-electron chi connectivity index (χ4n) is 2.09. The number of aryl methyl sites for hydroxylation is 2. The molecule has 20 heavy (non-hydrogen) atoms. The summed E-state index contributed by atoms with van der Waals surface area (Å²) in [5.41, 5.74) is 9.45. The summed E-state index contributed by atoms with van der Waals surface area (Å²) in [6.07, 6.45) is 0. The highest BCUT2D eigenvalue weighted by atomic mass is 32.2. The first kappa shape index (κ1) is 15.0. The molecule has 106 valence electrons. The topological polar surface area (TPSA) is 26.0 Å². The first-order valence-corrected chi connectivity index (χ1v) is 7.36. The third kappa shape index (κ3) is 3.81. The fraction of sp³-hybridized carbons (Fsp3) is 0.250. The molecule has 1 atom stereocenters. The molecule has 0 aliphatic rings. The Morgan fingerprint density at radius 3 is 2.35 bits per heavy atom. The van der Waals surface area contributed by atoms with Crippen molar-refractivity contribution in [1.82, 2.24) is 0 Å². The van der Waals surface area contributed by atoms with E-state index in [0.29, 0.717) is 10.6 Å². The third-order valence-corrected chi connectivity index (χ3v) is 4.13. The normalized spacial score (nSPS) is 12.4. The zero-order valence-corrected chi connectivity index (χ0v) is 12.3. The Morgan fingerprint density at radius 2 is 1.70 bits per heavy atom. The van der Waals surface area contributed by atoms with Crippen molar-refractivity contribution in [3.05, 3.63) is 64.7 Å². The van der Waals surface area contributed by atoms with Crippen LogP contribution in [0.3, 0.4) is 0 Å². The van der Waals surface area contributed by atoms with E-state index in [-0.39, 0.29) is 6.04 Å². The molecule has 0 fully saturated rings. The summed E-state index contributed by atoms with van der Waals surface area (Å²) in [4.78, 5) is 0.296. The summed E-state index contributed by atoms with van der Waals surface area (Å²) in [6.45, 7) is 4.03. The van der Waals surface area contributed by atoms with Gasteiger partial charge in [0.1, 0.15) is 11.6 Å². The van der Waals surface area contributed by atoms with Gasteiger partial charge in [0.15, 0.2) is 0 Å². The van der Waals surface area contributed by atoms with Crippen LogP contribution in [-0.4, -0.2) is 5.75 Å². The van der Waals surface area contributed by atoms with Crippen molar-refractivity contribution in [1.29, 1.82) is 0 Å². The van der Waals surface area contributed by atoms with Crippen molar-refractivity contribution in [3.63, 3.8) is 0 Å². The largest absolute Gasteiger partial charge is 0.323 e. The van der Waals surface area contributed by atoms with Crippen molar-refractivity contribution < 1.29 is 8.78 Å². The summed E-state index contributed by atoms with van der Waals surface area (Å²) in [5, 5.41) is 0. The molecule has 0 saturated heterocycles. The second-order valence-corrected chi connectivity index (χ2v) is 5.98. The Kier molecular flexibility index (Phi) is 4.78. The van der Waals surface area contributed by atoms with Crippen LogP contribution in [0, 0.1) is 25.5 Å². The molecule has 0 heterocycles. The molecule has 0 amide bonds. The summed E-state index contributed by atoms with van der Waals surface area (Å²) in [5.74, 6) is -0.346. The Hall–Kier alpha value is -1.39. The lowest BCUT2D eigenvalue weighted by molar-refractivity contribution is 0.577. The van der Waals surface area contributed by atoms with Gasteiger partial charge in [-0.15, -0.1) is 11.8 Å². The van der Waals surface area contributed by atoms with Crippen LogP contribution < -0.4 is 5.73 Å². The maximum atomic E-state index is 13.5. The summed E-state index contributed by atoms with van der Waals surface area (Å²) in [7, 11) is 0. The molecule has 2 aromatic rings. The second kappa shape index (κ2) is 6.37. The zero-order chi connectivity index (χ0) is 14.7. The predicted octanol–water partition coefficient (Wildman–Crippen LogP) is 4.37. The lowest BCUT2D eigenvalue weighted by Crippen LogP contribution is -2.13. The molecule has 0 saturated carbocycles. The smallest absolute Gasteiger partial charge is 0.136 e. The van der Waals surface area contributed by atoms with Gasteiger partial charge in [-0.2, -0.15) is 0 Å². The van der Waals surface area contributed by atoms with Gasteiger partial charge >= 0.3 is 0 Å². The maximum Gasteiger partial charge on any atom is 0.136 e. The fourth-order valence-corrected chi connectivity index (χ4v) is 3.04. The predicted molar refractivity (Wildman–Crippen MR) is 79.9 cm³/mol. The van der Waals surface area contributed by atoms with Crippen LogP contribution in [-0.2, 0) is 0 Å². The highest BCUT2D eigenvalue weighted by Crippen LogP contribution is 2.27. The third-order valence-electron chi connectivity index (χ3n) is 2.98. The molecule has 0 bridgehead atoms. The van der Waals surface area contributed by atoms with E-state index in [1.165, 1.54) is 17.8 Å². The van der Waals surface area contributed by atoms with Crippen LogP contribution in [0.25, 0.3) is 0 Å². The van der Waals surface area contributed by atoms with Crippen LogP contribution in [0.4, 0.5) is 8.78 Å². The van der Waals surface area contributed by atoms with E-state index < -0.39 is 11.6 Å². The second-order valence-electron chi connectivity index (χ2n) is 4.91. The summed E-state index contributed by atoms with van der Waals surface area (Å²) >= 11 is 1.24. The SMILES string of the molecule is Cc1cc(C)cc(C(N)CSc2cc(F)ccc2F)c1. The van der Waals surface area contributed by atoms with Crippen molar-refractivity contribution in [3.8, 4) is 0 Å². The minimum atomic E-state index is -0.436. The van der Waals surface area contributed by atoms with Crippen LogP contribution in [0.5, 0.6) is 0 Å². The van der Waals surface area contributed by atoms with Crippen LogP contribution in [0.2, 0.25) is 0 Å². The van der Waals surface area contributed by atoms with E-state index in [9.17, 15) is 8.78 Å². The Labute approximate surface area is 122 Å². The number of hydrogen-bond acceptors (Lipinski definition) is 2. The number of rotatable bonds is 4. The van der Waals surface area contributed by atoms with Gasteiger partial charge in [-0.25, -0.2) is 8.78 Å². The lowest BCUT2D eigenvalue weighted by atomic mass is 10.0. The molecule has 1 nitrogen and oxygen atoms in total. The van der Waals surface area contributed by atoms with Crippen molar-refractivity contribution >= 4 is 11.8 Å². The van der Waals surface area contributed by atoms with Gasteiger partial charge in [0.05, 0.1) is 0 Å². The van der Waals surface area contributed by atoms with Gasteiger partial charge in [0, 0.05) is 16.7 Å². The highest BCUT2D eigenvalue weighted by Gasteiger charge is 2.10. The standard InChI is InChI=1S/C16H17F2NS/c1-10-5-11(2)7-12(6-10)15(19)9-20-16-8-13(17)3-4-14(16)18/h3-8,15H,9,19H2,1-2H3. The molecule has 2 rings (SSSR count). The number of halogens is 2. The highest BCUT2D eigenvalue weighted by molar-refractivity contribution is 7.99. The first-order valence-electron chi connectivity index (χ1n) is 6.37. The lowest BCUT2D eigenvalue weighted by Gasteiger charge is -2.14. The van der Waals surface area contributed by atoms with Gasteiger partial charge in [-0.3, -0.25) is 0 Å². The molecule has 2 aromatic carbocycles. The maximum absolute atomic E-state index is 13.5. The molecule has 0 aliphatic heterocycles. The molecule has 4 heteroatoms. The summed E-state index contributed by atoms with van der Waals surface area (Å²) < 4.78 is 26.6. The van der Waals surface area contributed by atoms with Gasteiger partial charge in [0.2, 0.25) is 0 Å². The van der Waals surface area contributed by atoms with Crippen molar-refractivity contribution in [2.45, 2.75) is 24.8 Å². The number of nitrogens with two attached hydrogens (primary N) is 1. The number of thioether (sulfide) groups is 1. The van der Waals surface area contributed by atoms with Gasteiger partial charge in [-0.1, -0.05) is 29.3 Å². The van der Waals surface area contributed by atoms with Gasteiger partial charge in [0.25, 0.3) is 0 Å². The van der Waals surface area contributed by atoms with Crippen molar-refractivity contribution in [2.24, 2.45) is 5.73 Å². The Balaban J connectivity index is 2.08. The van der Waals surface area contributed by atoms with Gasteiger partial charge < -0.3 is 5.73 Å². The van der Waals surface area contributed by atoms with E-state index in [1.54, 1.807) is 0 Å². The quantitative estimate of drug-likeness (QED) is 0.847. The average molecular weight is 293 g/mol. The van der Waals surface area contributed by atoms with E-state index >= 15 is 0 Å². The number of benzene rings is 2. The van der Waals surface area contributed by atoms with Crippen LogP contribution in [0.1, 0.15) is 22.7 Å². The van der Waals surface area contributed by atoms with Crippen LogP contribution in [0.15, 0.2) is 41.3 Å². The minimum absolute atomic E-state index is 0.207. The van der Waals surface area contributed by atoms with Gasteiger partial charge in [-0.05, 0) is 37.6 Å². The molecule has 0 aromatic heterocycles. The number of hydrogen-bond donors (Lipinski definition) is 1. The van der Waals surface area contributed by atoms with E-state index in [0.717, 1.165) is 28.8 Å². The van der Waals surface area contributed by atoms with Crippen molar-refractivity contribution in [2.75, 3.05) is 5.75 Å². The zero-order valence-electron chi connectivity index (χ0n) is 11.5. The molecule has 2 N–H and O–H groups in total. The average Bonchev–Trinajstić information content (AvgIpc) is 2.38. The van der Waals surface area contributed by atoms with E-state index in [4.69, 9.17) is 5.73 Å². The summed E-state index contributed by atoms with van der Waals surface area (Å²) in [6, 6.07) is 9.38. The Morgan fingerprint density at radius 1 is 1.05 bits per heavy atom. The Bertz CT molecular complexity index is 593. The molecular formula is C16H17F2NS. The molecule has 0 aliphatic carbocycles. The van der Waals surface area contributed by atoms with E-state index in [2.05, 4.69) is 6.07 Å². The monoisotopic (exact) mass is 293 g/mol. The molecule has 1 unspecified atom stereocenters. The van der Waals surface area contributed by atoms with Crippen LogP contribution >= 0.6 is 11.8 Å². The molecule has 0 spiro atoms. The molecule has 0 radical (unpaired) electrons. The molecular weight excluding hydrogens is 276 g/mol. The first-order chi connectivity index (χ1) is 9.45. The minimum Gasteiger partial charge on any atom is -0.323 e. The van der Waals surface area contributed by atoms with E-state index in [1.807, 2.05) is 26.0 Å².